The van der Waals surface area contributed by atoms with Crippen molar-refractivity contribution in [3.8, 4) is 5.75 Å². The molecule has 0 aliphatic rings. The molecule has 0 aliphatic heterocycles. The number of para-hydroxylation sites is 1. The van der Waals surface area contributed by atoms with Gasteiger partial charge in [0.25, 0.3) is 5.69 Å². The van der Waals surface area contributed by atoms with Crippen molar-refractivity contribution in [2.24, 2.45) is 0 Å². The van der Waals surface area contributed by atoms with Crippen molar-refractivity contribution in [3.63, 3.8) is 0 Å². The number of esters is 1. The van der Waals surface area contributed by atoms with Gasteiger partial charge in [0.2, 0.25) is 0 Å². The third-order valence-corrected chi connectivity index (χ3v) is 3.42. The zero-order valence-corrected chi connectivity index (χ0v) is 13.2. The molecule has 2 aromatic rings. The van der Waals surface area contributed by atoms with Gasteiger partial charge in [0.15, 0.2) is 0 Å². The Labute approximate surface area is 141 Å². The Morgan fingerprint density at radius 3 is 2.52 bits per heavy atom. The van der Waals surface area contributed by atoms with Gasteiger partial charge in [-0.3, -0.25) is 10.1 Å². The Balaban J connectivity index is 1.89. The summed E-state index contributed by atoms with van der Waals surface area (Å²) < 4.78 is 10.4. The maximum absolute atomic E-state index is 11.8. The Morgan fingerprint density at radius 2 is 1.83 bits per heavy atom. The number of ether oxygens (including phenoxy) is 2. The molecule has 2 rings (SSSR count). The normalized spacial score (nSPS) is 10.2. The van der Waals surface area contributed by atoms with Gasteiger partial charge >= 0.3 is 5.97 Å². The van der Waals surface area contributed by atoms with Crippen LogP contribution in [0.25, 0.3) is 0 Å². The third kappa shape index (κ3) is 4.58. The summed E-state index contributed by atoms with van der Waals surface area (Å²) in [6, 6.07) is 10.6. The van der Waals surface area contributed by atoms with Gasteiger partial charge in [0.1, 0.15) is 24.0 Å². The van der Waals surface area contributed by atoms with Crippen molar-refractivity contribution >= 4 is 34.9 Å². The summed E-state index contributed by atoms with van der Waals surface area (Å²) in [5, 5.41) is 11.2. The minimum absolute atomic E-state index is 0.0273. The van der Waals surface area contributed by atoms with Gasteiger partial charge in [-0.2, -0.15) is 0 Å². The molecule has 8 heteroatoms. The molecule has 0 saturated heterocycles. The monoisotopic (exact) mass is 355 g/mol. The highest BCUT2D eigenvalue weighted by Crippen LogP contribution is 2.25. The summed E-state index contributed by atoms with van der Waals surface area (Å²) in [4.78, 5) is 22.0. The van der Waals surface area contributed by atoms with Gasteiger partial charge in [-0.1, -0.05) is 35.3 Å². The van der Waals surface area contributed by atoms with Crippen LogP contribution in [-0.2, 0) is 4.74 Å². The average molecular weight is 356 g/mol. The number of halogens is 2. The zero-order chi connectivity index (χ0) is 16.8. The number of nitrogens with zero attached hydrogens (tertiary/aromatic N) is 1. The van der Waals surface area contributed by atoms with Crippen molar-refractivity contribution in [1.29, 1.82) is 0 Å². The van der Waals surface area contributed by atoms with E-state index in [2.05, 4.69) is 0 Å². The molecule has 0 spiro atoms. The number of nitro benzene ring substituents is 1. The molecule has 0 aromatic heterocycles. The fourth-order valence-corrected chi connectivity index (χ4v) is 2.09. The van der Waals surface area contributed by atoms with E-state index in [1.807, 2.05) is 0 Å². The van der Waals surface area contributed by atoms with Crippen LogP contribution in [0.1, 0.15) is 10.4 Å². The van der Waals surface area contributed by atoms with E-state index in [0.29, 0.717) is 10.8 Å². The summed E-state index contributed by atoms with van der Waals surface area (Å²) in [6.45, 7) is 0.0750. The Bertz CT molecular complexity index is 736. The molecule has 0 aliphatic carbocycles. The fourth-order valence-electron chi connectivity index (χ4n) is 1.71. The van der Waals surface area contributed by atoms with Crippen molar-refractivity contribution < 1.29 is 19.2 Å². The maximum atomic E-state index is 11.8. The molecular weight excluding hydrogens is 345 g/mol. The number of nitro groups is 1. The SMILES string of the molecule is O=C(OCCOc1ccccc1Cl)c1ccc(Cl)c([N+](=O)[O-])c1. The molecule has 0 N–H and O–H groups in total. The predicted molar refractivity (Wildman–Crippen MR) is 85.3 cm³/mol. The van der Waals surface area contributed by atoms with Gasteiger partial charge < -0.3 is 9.47 Å². The van der Waals surface area contributed by atoms with Crippen molar-refractivity contribution in [1.82, 2.24) is 0 Å². The first-order valence-electron chi connectivity index (χ1n) is 6.47. The molecule has 6 nitrogen and oxygen atoms in total. The predicted octanol–water partition coefficient (Wildman–Crippen LogP) is 4.14. The van der Waals surface area contributed by atoms with E-state index in [1.54, 1.807) is 24.3 Å². The topological polar surface area (TPSA) is 78.7 Å². The second-order valence-corrected chi connectivity index (χ2v) is 5.15. The second-order valence-electron chi connectivity index (χ2n) is 4.34. The van der Waals surface area contributed by atoms with Crippen LogP contribution in [-0.4, -0.2) is 24.1 Å². The summed E-state index contributed by atoms with van der Waals surface area (Å²) >= 11 is 11.6. The largest absolute Gasteiger partial charge is 0.488 e. The lowest BCUT2D eigenvalue weighted by Gasteiger charge is -2.08. The quantitative estimate of drug-likeness (QED) is 0.336. The van der Waals surface area contributed by atoms with Crippen LogP contribution in [0.3, 0.4) is 0 Å². The van der Waals surface area contributed by atoms with Crippen LogP contribution >= 0.6 is 23.2 Å². The third-order valence-electron chi connectivity index (χ3n) is 2.79. The highest BCUT2D eigenvalue weighted by Gasteiger charge is 2.17. The molecular formula is C15H11Cl2NO5. The summed E-state index contributed by atoms with van der Waals surface area (Å²) in [6.07, 6.45) is 0. The van der Waals surface area contributed by atoms with E-state index < -0.39 is 10.9 Å². The first-order chi connectivity index (χ1) is 11.0. The summed E-state index contributed by atoms with van der Waals surface area (Å²) in [7, 11) is 0. The minimum Gasteiger partial charge on any atom is -0.488 e. The van der Waals surface area contributed by atoms with Gasteiger partial charge in [-0.05, 0) is 24.3 Å². The number of hydrogen-bond acceptors (Lipinski definition) is 5. The van der Waals surface area contributed by atoms with Crippen molar-refractivity contribution in [2.45, 2.75) is 0 Å². The first kappa shape index (κ1) is 17.1. The minimum atomic E-state index is -0.701. The van der Waals surface area contributed by atoms with Gasteiger partial charge in [0, 0.05) is 6.07 Å². The Kier molecular flexibility index (Phi) is 5.78. The molecule has 0 fully saturated rings. The van der Waals surface area contributed by atoms with Crippen LogP contribution in [0, 0.1) is 10.1 Å². The molecule has 120 valence electrons. The summed E-state index contributed by atoms with van der Waals surface area (Å²) in [5.74, 6) is -0.222. The molecule has 23 heavy (non-hydrogen) atoms. The number of rotatable bonds is 6. The molecule has 2 aromatic carbocycles. The molecule has 0 bridgehead atoms. The van der Waals surface area contributed by atoms with E-state index in [1.165, 1.54) is 12.1 Å². The maximum Gasteiger partial charge on any atom is 0.338 e. The highest BCUT2D eigenvalue weighted by atomic mass is 35.5. The van der Waals surface area contributed by atoms with E-state index in [-0.39, 0.29) is 29.5 Å². The van der Waals surface area contributed by atoms with Crippen LogP contribution in [0.5, 0.6) is 5.75 Å². The highest BCUT2D eigenvalue weighted by molar-refractivity contribution is 6.32. The Morgan fingerprint density at radius 1 is 1.09 bits per heavy atom. The van der Waals surface area contributed by atoms with E-state index in [0.717, 1.165) is 6.07 Å². The van der Waals surface area contributed by atoms with Gasteiger partial charge in [-0.25, -0.2) is 4.79 Å². The molecule has 0 amide bonds. The second kappa shape index (κ2) is 7.80. The lowest BCUT2D eigenvalue weighted by molar-refractivity contribution is -0.384. The Hall–Kier alpha value is -2.31. The van der Waals surface area contributed by atoms with E-state index in [4.69, 9.17) is 32.7 Å². The average Bonchev–Trinajstić information content (AvgIpc) is 2.53. The number of benzene rings is 2. The van der Waals surface area contributed by atoms with Crippen LogP contribution in [0.15, 0.2) is 42.5 Å². The number of hydrogen-bond donors (Lipinski definition) is 0. The fraction of sp³-hybridized carbons (Fsp3) is 0.133. The van der Waals surface area contributed by atoms with E-state index in [9.17, 15) is 14.9 Å². The number of carbonyl (C=O) groups is 1. The molecule has 0 atom stereocenters. The van der Waals surface area contributed by atoms with Crippen LogP contribution in [0.4, 0.5) is 5.69 Å². The number of carbonyl (C=O) groups excluding carboxylic acids is 1. The first-order valence-corrected chi connectivity index (χ1v) is 7.23. The molecule has 0 heterocycles. The zero-order valence-electron chi connectivity index (χ0n) is 11.7. The van der Waals surface area contributed by atoms with Gasteiger partial charge in [0.05, 0.1) is 15.5 Å². The smallest absolute Gasteiger partial charge is 0.338 e. The lowest BCUT2D eigenvalue weighted by Crippen LogP contribution is -2.12. The van der Waals surface area contributed by atoms with Crippen LogP contribution < -0.4 is 4.74 Å². The lowest BCUT2D eigenvalue weighted by atomic mass is 10.2. The molecule has 0 unspecified atom stereocenters. The molecule has 0 saturated carbocycles. The standard InChI is InChI=1S/C15H11Cl2NO5/c16-11-6-5-10(9-13(11)18(20)21)15(19)23-8-7-22-14-4-2-1-3-12(14)17/h1-6,9H,7-8H2. The van der Waals surface area contributed by atoms with Crippen molar-refractivity contribution in [3.05, 3.63) is 68.2 Å². The van der Waals surface area contributed by atoms with Crippen LogP contribution in [0.2, 0.25) is 10.0 Å². The molecule has 0 radical (unpaired) electrons. The van der Waals surface area contributed by atoms with E-state index >= 15 is 0 Å². The van der Waals surface area contributed by atoms with Crippen molar-refractivity contribution in [2.75, 3.05) is 13.2 Å². The summed E-state index contributed by atoms with van der Waals surface area (Å²) in [5.41, 5.74) is -0.313. The van der Waals surface area contributed by atoms with Gasteiger partial charge in [-0.15, -0.1) is 0 Å².